The van der Waals surface area contributed by atoms with Crippen molar-refractivity contribution in [1.29, 1.82) is 0 Å². The van der Waals surface area contributed by atoms with E-state index in [0.717, 1.165) is 19.4 Å². The molecule has 1 atom stereocenters. The molecule has 0 bridgehead atoms. The lowest BCUT2D eigenvalue weighted by molar-refractivity contribution is 0.0681. The number of hydrogen-bond acceptors (Lipinski definition) is 2. The average Bonchev–Trinajstić information content (AvgIpc) is 2.92. The van der Waals surface area contributed by atoms with Gasteiger partial charge in [-0.3, -0.25) is 9.36 Å². The van der Waals surface area contributed by atoms with Crippen LogP contribution in [0.5, 0.6) is 0 Å². The third kappa shape index (κ3) is 1.83. The maximum Gasteiger partial charge on any atom is 0.328 e. The van der Waals surface area contributed by atoms with Crippen molar-refractivity contribution in [1.82, 2.24) is 14.0 Å². The van der Waals surface area contributed by atoms with Crippen LogP contribution in [0.4, 0.5) is 0 Å². The zero-order valence-electron chi connectivity index (χ0n) is 12.6. The van der Waals surface area contributed by atoms with Crippen molar-refractivity contribution in [2.75, 3.05) is 6.54 Å². The maximum atomic E-state index is 12.8. The van der Waals surface area contributed by atoms with Crippen molar-refractivity contribution in [2.24, 2.45) is 19.5 Å². The standard InChI is InChI=1S/C15H23N3O2/c1-4-11-8-15(6-5-7-15)10-18(11)13(19)12-9-16(2)14(20)17(12)3/h9,11H,4-8,10H2,1-3H3. The van der Waals surface area contributed by atoms with Crippen LogP contribution in [0.2, 0.25) is 0 Å². The number of carbonyl (C=O) groups is 1. The number of amides is 1. The van der Waals surface area contributed by atoms with E-state index in [-0.39, 0.29) is 11.6 Å². The zero-order chi connectivity index (χ0) is 14.5. The molecule has 1 amide bonds. The first-order chi connectivity index (χ1) is 9.47. The summed E-state index contributed by atoms with van der Waals surface area (Å²) in [5.41, 5.74) is 0.746. The fourth-order valence-electron chi connectivity index (χ4n) is 3.82. The molecule has 1 aliphatic carbocycles. The van der Waals surface area contributed by atoms with Crippen LogP contribution in [0.15, 0.2) is 11.0 Å². The molecule has 110 valence electrons. The van der Waals surface area contributed by atoms with E-state index < -0.39 is 0 Å². The normalized spacial score (nSPS) is 24.1. The molecule has 0 N–H and O–H groups in total. The highest BCUT2D eigenvalue weighted by atomic mass is 16.2. The zero-order valence-corrected chi connectivity index (χ0v) is 12.6. The van der Waals surface area contributed by atoms with Gasteiger partial charge in [-0.05, 0) is 31.1 Å². The van der Waals surface area contributed by atoms with Gasteiger partial charge in [0, 0.05) is 32.9 Å². The Balaban J connectivity index is 1.89. The lowest BCUT2D eigenvalue weighted by Crippen LogP contribution is -2.39. The van der Waals surface area contributed by atoms with Gasteiger partial charge in [-0.15, -0.1) is 0 Å². The van der Waals surface area contributed by atoms with Gasteiger partial charge in [0.05, 0.1) is 0 Å². The third-order valence-electron chi connectivity index (χ3n) is 5.25. The van der Waals surface area contributed by atoms with Crippen molar-refractivity contribution in [3.63, 3.8) is 0 Å². The molecule has 1 aromatic rings. The molecule has 1 unspecified atom stereocenters. The van der Waals surface area contributed by atoms with Crippen LogP contribution < -0.4 is 5.69 Å². The Hall–Kier alpha value is -1.52. The third-order valence-corrected chi connectivity index (χ3v) is 5.25. The van der Waals surface area contributed by atoms with E-state index in [0.29, 0.717) is 17.2 Å². The molecule has 5 heteroatoms. The van der Waals surface area contributed by atoms with Gasteiger partial charge in [0.2, 0.25) is 0 Å². The van der Waals surface area contributed by atoms with Gasteiger partial charge < -0.3 is 9.47 Å². The van der Waals surface area contributed by atoms with Gasteiger partial charge in [0.1, 0.15) is 5.69 Å². The summed E-state index contributed by atoms with van der Waals surface area (Å²) in [7, 11) is 3.36. The first-order valence-corrected chi connectivity index (χ1v) is 7.51. The second-order valence-electron chi connectivity index (χ2n) is 6.52. The molecule has 2 fully saturated rings. The molecule has 0 aromatic carbocycles. The summed E-state index contributed by atoms with van der Waals surface area (Å²) in [4.78, 5) is 26.6. The van der Waals surface area contributed by atoms with Crippen molar-refractivity contribution in [2.45, 2.75) is 45.1 Å². The van der Waals surface area contributed by atoms with Crippen LogP contribution in [0.1, 0.15) is 49.5 Å². The van der Waals surface area contributed by atoms with Crippen molar-refractivity contribution in [3.05, 3.63) is 22.4 Å². The maximum absolute atomic E-state index is 12.8. The van der Waals surface area contributed by atoms with E-state index in [4.69, 9.17) is 0 Å². The second-order valence-corrected chi connectivity index (χ2v) is 6.52. The minimum absolute atomic E-state index is 0.0147. The van der Waals surface area contributed by atoms with Crippen LogP contribution >= 0.6 is 0 Å². The molecule has 1 spiro atoms. The molecule has 2 aliphatic rings. The summed E-state index contributed by atoms with van der Waals surface area (Å²) in [6.07, 6.45) is 7.58. The van der Waals surface area contributed by atoms with E-state index in [1.54, 1.807) is 20.3 Å². The topological polar surface area (TPSA) is 47.2 Å². The van der Waals surface area contributed by atoms with Gasteiger partial charge >= 0.3 is 5.69 Å². The van der Waals surface area contributed by atoms with Crippen LogP contribution in [-0.4, -0.2) is 32.5 Å². The van der Waals surface area contributed by atoms with Crippen molar-refractivity contribution < 1.29 is 4.79 Å². The SMILES string of the molecule is CCC1CC2(CCC2)CN1C(=O)c1cn(C)c(=O)n1C. The molecule has 20 heavy (non-hydrogen) atoms. The Morgan fingerprint density at radius 2 is 2.10 bits per heavy atom. The second kappa shape index (κ2) is 4.50. The number of aryl methyl sites for hydroxylation is 1. The van der Waals surface area contributed by atoms with Crippen molar-refractivity contribution >= 4 is 5.91 Å². The number of hydrogen-bond donors (Lipinski definition) is 0. The monoisotopic (exact) mass is 277 g/mol. The molecule has 1 aromatic heterocycles. The molecular weight excluding hydrogens is 254 g/mol. The Bertz CT molecular complexity index is 595. The summed E-state index contributed by atoms with van der Waals surface area (Å²) in [5.74, 6) is 0.0147. The van der Waals surface area contributed by atoms with Gasteiger partial charge in [0.25, 0.3) is 5.91 Å². The average molecular weight is 277 g/mol. The van der Waals surface area contributed by atoms with E-state index >= 15 is 0 Å². The molecule has 1 saturated carbocycles. The van der Waals surface area contributed by atoms with Crippen molar-refractivity contribution in [3.8, 4) is 0 Å². The largest absolute Gasteiger partial charge is 0.334 e. The quantitative estimate of drug-likeness (QED) is 0.823. The molecule has 3 rings (SSSR count). The number of aromatic nitrogens is 2. The van der Waals surface area contributed by atoms with E-state index in [1.807, 2.05) is 4.90 Å². The molecule has 1 aliphatic heterocycles. The number of imidazole rings is 1. The first kappa shape index (κ1) is 13.5. The summed E-state index contributed by atoms with van der Waals surface area (Å²) < 4.78 is 2.93. The predicted octanol–water partition coefficient (Wildman–Crippen LogP) is 1.52. The van der Waals surface area contributed by atoms with Crippen LogP contribution in [-0.2, 0) is 14.1 Å². The molecule has 0 radical (unpaired) electrons. The van der Waals surface area contributed by atoms with Crippen LogP contribution in [0.25, 0.3) is 0 Å². The summed E-state index contributed by atoms with van der Waals surface area (Å²) in [6, 6.07) is 0.332. The van der Waals surface area contributed by atoms with Crippen LogP contribution in [0, 0.1) is 5.41 Å². The van der Waals surface area contributed by atoms with E-state index in [2.05, 4.69) is 6.92 Å². The summed E-state index contributed by atoms with van der Waals surface area (Å²) in [6.45, 7) is 3.01. The number of nitrogens with zero attached hydrogens (tertiary/aromatic N) is 3. The molecule has 5 nitrogen and oxygen atoms in total. The van der Waals surface area contributed by atoms with Gasteiger partial charge in [-0.2, -0.15) is 0 Å². The minimum atomic E-state index is -0.140. The number of likely N-dealkylation sites (tertiary alicyclic amines) is 1. The molecule has 1 saturated heterocycles. The number of rotatable bonds is 2. The Morgan fingerprint density at radius 3 is 2.55 bits per heavy atom. The fraction of sp³-hybridized carbons (Fsp3) is 0.733. The fourth-order valence-corrected chi connectivity index (χ4v) is 3.82. The Morgan fingerprint density at radius 1 is 1.40 bits per heavy atom. The van der Waals surface area contributed by atoms with E-state index in [9.17, 15) is 9.59 Å². The molecular formula is C15H23N3O2. The smallest absolute Gasteiger partial charge is 0.328 e. The van der Waals surface area contributed by atoms with Gasteiger partial charge in [0.15, 0.2) is 0 Å². The van der Waals surface area contributed by atoms with Gasteiger partial charge in [-0.1, -0.05) is 13.3 Å². The Labute approximate surface area is 119 Å². The number of carbonyl (C=O) groups excluding carboxylic acids is 1. The Kier molecular flexibility index (Phi) is 3.03. The minimum Gasteiger partial charge on any atom is -0.334 e. The predicted molar refractivity (Wildman–Crippen MR) is 76.7 cm³/mol. The lowest BCUT2D eigenvalue weighted by Gasteiger charge is -2.37. The van der Waals surface area contributed by atoms with E-state index in [1.165, 1.54) is 28.4 Å². The summed E-state index contributed by atoms with van der Waals surface area (Å²) in [5, 5.41) is 0. The van der Waals surface area contributed by atoms with Gasteiger partial charge in [-0.25, -0.2) is 4.79 Å². The first-order valence-electron chi connectivity index (χ1n) is 7.51. The highest BCUT2D eigenvalue weighted by Crippen LogP contribution is 2.51. The van der Waals surface area contributed by atoms with Crippen LogP contribution in [0.3, 0.4) is 0 Å². The lowest BCUT2D eigenvalue weighted by atomic mass is 9.67. The summed E-state index contributed by atoms with van der Waals surface area (Å²) >= 11 is 0. The highest BCUT2D eigenvalue weighted by molar-refractivity contribution is 5.93. The highest BCUT2D eigenvalue weighted by Gasteiger charge is 2.48. The molecule has 2 heterocycles.